The number of carbonyl (C=O) groups excluding carboxylic acids is 2. The highest BCUT2D eigenvalue weighted by Crippen LogP contribution is 2.26. The van der Waals surface area contributed by atoms with Crippen molar-refractivity contribution in [2.75, 3.05) is 13.1 Å². The zero-order valence-electron chi connectivity index (χ0n) is 12.8. The van der Waals surface area contributed by atoms with Gasteiger partial charge in [-0.25, -0.2) is 0 Å². The minimum atomic E-state index is -0.281. The number of halogens is 1. The van der Waals surface area contributed by atoms with Gasteiger partial charge in [0.2, 0.25) is 5.91 Å². The number of primary amides is 1. The second-order valence-corrected chi connectivity index (χ2v) is 6.97. The number of nitrogens with two attached hydrogens (primary N) is 1. The lowest BCUT2D eigenvalue weighted by Gasteiger charge is -2.32. The highest BCUT2D eigenvalue weighted by Gasteiger charge is 2.26. The summed E-state index contributed by atoms with van der Waals surface area (Å²) in [5, 5.41) is 0.907. The molecule has 1 fully saturated rings. The molecule has 0 saturated carbocycles. The number of rotatable bonds is 4. The van der Waals surface area contributed by atoms with E-state index in [9.17, 15) is 9.59 Å². The van der Waals surface area contributed by atoms with E-state index in [1.54, 1.807) is 6.07 Å². The Kier molecular flexibility index (Phi) is 4.71. The highest BCUT2D eigenvalue weighted by molar-refractivity contribution is 9.10. The number of hydrogen-bond donors (Lipinski definition) is 1. The van der Waals surface area contributed by atoms with Gasteiger partial charge in [0.25, 0.3) is 5.91 Å². The van der Waals surface area contributed by atoms with E-state index in [1.165, 1.54) is 0 Å². The van der Waals surface area contributed by atoms with Crippen LogP contribution in [-0.4, -0.2) is 29.8 Å². The number of likely N-dealkylation sites (tertiary alicyclic amines) is 1. The molecule has 23 heavy (non-hydrogen) atoms. The SMILES string of the molecule is NC(=O)CC[C@H]1CCCN(C(=O)c2cc3cc(Br)ccc3o2)C1. The summed E-state index contributed by atoms with van der Waals surface area (Å²) in [7, 11) is 0. The van der Waals surface area contributed by atoms with Gasteiger partial charge >= 0.3 is 0 Å². The fourth-order valence-corrected chi connectivity index (χ4v) is 3.49. The molecule has 6 heteroatoms. The minimum Gasteiger partial charge on any atom is -0.451 e. The maximum absolute atomic E-state index is 12.7. The summed E-state index contributed by atoms with van der Waals surface area (Å²) in [5.74, 6) is 0.338. The molecule has 122 valence electrons. The van der Waals surface area contributed by atoms with Crippen molar-refractivity contribution < 1.29 is 14.0 Å². The van der Waals surface area contributed by atoms with Gasteiger partial charge in [0.05, 0.1) is 0 Å². The molecule has 2 amide bonds. The van der Waals surface area contributed by atoms with E-state index in [2.05, 4.69) is 15.9 Å². The number of benzene rings is 1. The molecule has 0 aliphatic carbocycles. The molecule has 0 bridgehead atoms. The van der Waals surface area contributed by atoms with E-state index in [0.717, 1.165) is 35.7 Å². The molecule has 0 radical (unpaired) electrons. The number of fused-ring (bicyclic) bond motifs is 1. The van der Waals surface area contributed by atoms with E-state index >= 15 is 0 Å². The maximum Gasteiger partial charge on any atom is 0.289 e. The second kappa shape index (κ2) is 6.74. The number of nitrogens with zero attached hydrogens (tertiary/aromatic N) is 1. The number of hydrogen-bond acceptors (Lipinski definition) is 3. The van der Waals surface area contributed by atoms with Gasteiger partial charge in [-0.1, -0.05) is 15.9 Å². The van der Waals surface area contributed by atoms with Crippen LogP contribution >= 0.6 is 15.9 Å². The average molecular weight is 379 g/mol. The third-order valence-electron chi connectivity index (χ3n) is 4.29. The number of piperidine rings is 1. The predicted octanol–water partition coefficient (Wildman–Crippen LogP) is 3.31. The van der Waals surface area contributed by atoms with Crippen LogP contribution in [0.1, 0.15) is 36.2 Å². The third-order valence-corrected chi connectivity index (χ3v) is 4.79. The van der Waals surface area contributed by atoms with Gasteiger partial charge in [-0.05, 0) is 49.4 Å². The van der Waals surface area contributed by atoms with Gasteiger partial charge in [-0.3, -0.25) is 9.59 Å². The Morgan fingerprint density at radius 2 is 2.17 bits per heavy atom. The van der Waals surface area contributed by atoms with Crippen molar-refractivity contribution in [3.8, 4) is 0 Å². The van der Waals surface area contributed by atoms with Crippen LogP contribution in [0.15, 0.2) is 33.2 Å². The van der Waals surface area contributed by atoms with E-state index in [4.69, 9.17) is 10.2 Å². The van der Waals surface area contributed by atoms with Crippen LogP contribution in [-0.2, 0) is 4.79 Å². The Bertz CT molecular complexity index is 741. The highest BCUT2D eigenvalue weighted by atomic mass is 79.9. The predicted molar refractivity (Wildman–Crippen MR) is 91.0 cm³/mol. The zero-order valence-corrected chi connectivity index (χ0v) is 14.3. The molecule has 1 aromatic carbocycles. The normalized spacial score (nSPS) is 18.3. The van der Waals surface area contributed by atoms with Crippen molar-refractivity contribution in [3.05, 3.63) is 34.5 Å². The number of furan rings is 1. The largest absolute Gasteiger partial charge is 0.451 e. The molecule has 1 atom stereocenters. The number of carbonyl (C=O) groups is 2. The summed E-state index contributed by atoms with van der Waals surface area (Å²) in [6, 6.07) is 7.46. The van der Waals surface area contributed by atoms with Gasteiger partial charge in [-0.2, -0.15) is 0 Å². The molecule has 0 unspecified atom stereocenters. The summed E-state index contributed by atoms with van der Waals surface area (Å²) in [6.45, 7) is 1.39. The first-order valence-electron chi connectivity index (χ1n) is 7.79. The van der Waals surface area contributed by atoms with Crippen LogP contribution in [0.3, 0.4) is 0 Å². The van der Waals surface area contributed by atoms with Crippen molar-refractivity contribution in [1.82, 2.24) is 4.90 Å². The Morgan fingerprint density at radius 3 is 2.96 bits per heavy atom. The third kappa shape index (κ3) is 3.75. The molecule has 3 rings (SSSR count). The molecule has 2 aromatic rings. The molecular weight excluding hydrogens is 360 g/mol. The molecule has 2 heterocycles. The van der Waals surface area contributed by atoms with Crippen LogP contribution in [0.25, 0.3) is 11.0 Å². The number of amides is 2. The lowest BCUT2D eigenvalue weighted by atomic mass is 9.93. The summed E-state index contributed by atoms with van der Waals surface area (Å²) >= 11 is 3.42. The fraction of sp³-hybridized carbons (Fsp3) is 0.412. The van der Waals surface area contributed by atoms with E-state index in [1.807, 2.05) is 23.1 Å². The standard InChI is InChI=1S/C17H19BrN2O3/c18-13-4-5-14-12(8-13)9-15(23-14)17(22)20-7-1-2-11(10-20)3-6-16(19)21/h4-5,8-9,11H,1-3,6-7,10H2,(H2,19,21)/t11-/m1/s1. The summed E-state index contributed by atoms with van der Waals surface area (Å²) in [4.78, 5) is 25.4. The maximum atomic E-state index is 12.7. The smallest absolute Gasteiger partial charge is 0.289 e. The molecule has 1 aliphatic rings. The Morgan fingerprint density at radius 1 is 1.35 bits per heavy atom. The molecule has 2 N–H and O–H groups in total. The van der Waals surface area contributed by atoms with Crippen LogP contribution < -0.4 is 5.73 Å². The van der Waals surface area contributed by atoms with Gasteiger partial charge in [-0.15, -0.1) is 0 Å². The molecule has 1 saturated heterocycles. The lowest BCUT2D eigenvalue weighted by Crippen LogP contribution is -2.40. The van der Waals surface area contributed by atoms with Crippen molar-refractivity contribution in [2.45, 2.75) is 25.7 Å². The first-order chi connectivity index (χ1) is 11.0. The Hall–Kier alpha value is -1.82. The fourth-order valence-electron chi connectivity index (χ4n) is 3.11. The summed E-state index contributed by atoms with van der Waals surface area (Å²) in [6.07, 6.45) is 3.10. The molecule has 5 nitrogen and oxygen atoms in total. The molecule has 1 aromatic heterocycles. The zero-order chi connectivity index (χ0) is 16.4. The van der Waals surface area contributed by atoms with Gasteiger partial charge < -0.3 is 15.1 Å². The van der Waals surface area contributed by atoms with Crippen molar-refractivity contribution >= 4 is 38.7 Å². The average Bonchev–Trinajstić information content (AvgIpc) is 2.95. The second-order valence-electron chi connectivity index (χ2n) is 6.06. The first-order valence-corrected chi connectivity index (χ1v) is 8.59. The quantitative estimate of drug-likeness (QED) is 0.886. The topological polar surface area (TPSA) is 76.5 Å². The lowest BCUT2D eigenvalue weighted by molar-refractivity contribution is -0.118. The molecular formula is C17H19BrN2O3. The van der Waals surface area contributed by atoms with E-state index < -0.39 is 0 Å². The van der Waals surface area contributed by atoms with Gasteiger partial charge in [0.15, 0.2) is 5.76 Å². The van der Waals surface area contributed by atoms with Gasteiger partial charge in [0, 0.05) is 29.4 Å². The molecule has 1 aliphatic heterocycles. The Labute approximate surface area is 142 Å². The summed E-state index contributed by atoms with van der Waals surface area (Å²) < 4.78 is 6.64. The van der Waals surface area contributed by atoms with Crippen molar-refractivity contribution in [1.29, 1.82) is 0 Å². The first kappa shape index (κ1) is 16.1. The Balaban J connectivity index is 1.71. The van der Waals surface area contributed by atoms with Crippen molar-refractivity contribution in [2.24, 2.45) is 11.7 Å². The monoisotopic (exact) mass is 378 g/mol. The van der Waals surface area contributed by atoms with Crippen LogP contribution in [0.5, 0.6) is 0 Å². The minimum absolute atomic E-state index is 0.0823. The molecule has 0 spiro atoms. The summed E-state index contributed by atoms with van der Waals surface area (Å²) in [5.41, 5.74) is 5.92. The van der Waals surface area contributed by atoms with E-state index in [-0.39, 0.29) is 11.8 Å². The van der Waals surface area contributed by atoms with E-state index in [0.29, 0.717) is 30.2 Å². The van der Waals surface area contributed by atoms with Crippen LogP contribution in [0, 0.1) is 5.92 Å². The van der Waals surface area contributed by atoms with Gasteiger partial charge in [0.1, 0.15) is 5.58 Å². The van der Waals surface area contributed by atoms with Crippen LogP contribution in [0.4, 0.5) is 0 Å². The van der Waals surface area contributed by atoms with Crippen LogP contribution in [0.2, 0.25) is 0 Å². The van der Waals surface area contributed by atoms with Crippen molar-refractivity contribution in [3.63, 3.8) is 0 Å².